The second kappa shape index (κ2) is 8.50. The highest BCUT2D eigenvalue weighted by atomic mass is 16.5. The lowest BCUT2D eigenvalue weighted by molar-refractivity contribution is -0.139. The van der Waals surface area contributed by atoms with Crippen LogP contribution in [0.5, 0.6) is 5.75 Å². The molecule has 7 heteroatoms. The maximum atomic E-state index is 12.1. The number of benzene rings is 1. The van der Waals surface area contributed by atoms with E-state index in [1.54, 1.807) is 24.3 Å². The highest BCUT2D eigenvalue weighted by Crippen LogP contribution is 2.32. The number of ether oxygens (including phenoxy) is 1. The summed E-state index contributed by atoms with van der Waals surface area (Å²) in [6, 6.07) is 6.64. The molecule has 1 aromatic carbocycles. The van der Waals surface area contributed by atoms with Gasteiger partial charge in [-0.15, -0.1) is 0 Å². The summed E-state index contributed by atoms with van der Waals surface area (Å²) in [6.45, 7) is 2.23. The number of rotatable bonds is 8. The van der Waals surface area contributed by atoms with Crippen LogP contribution in [0.4, 0.5) is 0 Å². The molecule has 1 aliphatic rings. The molecular weight excluding hydrogens is 324 g/mol. The number of hydrogen-bond acceptors (Lipinski definition) is 4. The molecule has 0 radical (unpaired) electrons. The Bertz CT molecular complexity index is 621. The van der Waals surface area contributed by atoms with Crippen LogP contribution < -0.4 is 15.4 Å². The molecule has 3 N–H and O–H groups in total. The summed E-state index contributed by atoms with van der Waals surface area (Å²) >= 11 is 0. The van der Waals surface area contributed by atoms with Crippen molar-refractivity contribution in [3.05, 3.63) is 29.8 Å². The maximum Gasteiger partial charge on any atom is 0.305 e. The van der Waals surface area contributed by atoms with Crippen LogP contribution in [0.3, 0.4) is 0 Å². The highest BCUT2D eigenvalue weighted by Gasteiger charge is 2.37. The molecule has 0 bridgehead atoms. The van der Waals surface area contributed by atoms with Crippen molar-refractivity contribution in [2.24, 2.45) is 0 Å². The molecule has 2 amide bonds. The van der Waals surface area contributed by atoms with Gasteiger partial charge in [0, 0.05) is 5.56 Å². The summed E-state index contributed by atoms with van der Waals surface area (Å²) in [4.78, 5) is 35.2. The number of carboxylic acids is 1. The number of carboxylic acid groups (broad SMARTS) is 1. The number of nitrogens with one attached hydrogen (secondary N) is 2. The first-order valence-electron chi connectivity index (χ1n) is 8.48. The van der Waals surface area contributed by atoms with Gasteiger partial charge in [-0.25, -0.2) is 0 Å². The van der Waals surface area contributed by atoms with Gasteiger partial charge in [-0.3, -0.25) is 14.4 Å². The zero-order valence-electron chi connectivity index (χ0n) is 14.3. The van der Waals surface area contributed by atoms with Crippen LogP contribution in [0.15, 0.2) is 24.3 Å². The lowest BCUT2D eigenvalue weighted by Crippen LogP contribution is -2.51. The van der Waals surface area contributed by atoms with Gasteiger partial charge in [0.05, 0.1) is 25.1 Å². The fourth-order valence-corrected chi connectivity index (χ4v) is 3.16. The quantitative estimate of drug-likeness (QED) is 0.663. The lowest BCUT2D eigenvalue weighted by Gasteiger charge is -2.28. The second-order valence-corrected chi connectivity index (χ2v) is 6.25. The van der Waals surface area contributed by atoms with E-state index in [-0.39, 0.29) is 24.8 Å². The smallest absolute Gasteiger partial charge is 0.305 e. The molecule has 25 heavy (non-hydrogen) atoms. The van der Waals surface area contributed by atoms with E-state index in [1.165, 1.54) is 0 Å². The number of amides is 2. The second-order valence-electron chi connectivity index (χ2n) is 6.25. The first-order valence-corrected chi connectivity index (χ1v) is 8.48. The van der Waals surface area contributed by atoms with E-state index in [1.807, 2.05) is 6.92 Å². The van der Waals surface area contributed by atoms with Crippen molar-refractivity contribution in [1.29, 1.82) is 0 Å². The summed E-state index contributed by atoms with van der Waals surface area (Å²) in [6.07, 6.45) is 3.00. The summed E-state index contributed by atoms with van der Waals surface area (Å²) in [7, 11) is 0. The first kappa shape index (κ1) is 18.8. The normalized spacial score (nSPS) is 15.4. The average molecular weight is 348 g/mol. The van der Waals surface area contributed by atoms with E-state index in [0.717, 1.165) is 12.8 Å². The fourth-order valence-electron chi connectivity index (χ4n) is 3.16. The molecule has 1 saturated carbocycles. The minimum atomic E-state index is -0.930. The molecule has 0 aliphatic heterocycles. The SMILES string of the molecule is CCOc1ccc(C(=O)NCC(=O)NC2(CC(=O)O)CCCC2)cc1. The van der Waals surface area contributed by atoms with Crippen LogP contribution in [0, 0.1) is 0 Å². The largest absolute Gasteiger partial charge is 0.494 e. The Morgan fingerprint density at radius 2 is 1.80 bits per heavy atom. The van der Waals surface area contributed by atoms with Crippen LogP contribution in [-0.2, 0) is 9.59 Å². The van der Waals surface area contributed by atoms with Gasteiger partial charge in [0.2, 0.25) is 5.91 Å². The lowest BCUT2D eigenvalue weighted by atomic mass is 9.93. The Morgan fingerprint density at radius 3 is 2.36 bits per heavy atom. The van der Waals surface area contributed by atoms with Crippen molar-refractivity contribution in [2.75, 3.05) is 13.2 Å². The molecule has 2 rings (SSSR count). The summed E-state index contributed by atoms with van der Waals surface area (Å²) in [5.41, 5.74) is -0.260. The summed E-state index contributed by atoms with van der Waals surface area (Å²) < 4.78 is 5.31. The Morgan fingerprint density at radius 1 is 1.16 bits per heavy atom. The van der Waals surface area contributed by atoms with E-state index >= 15 is 0 Å². The summed E-state index contributed by atoms with van der Waals surface area (Å²) in [5, 5.41) is 14.4. The molecule has 0 aromatic heterocycles. The zero-order valence-corrected chi connectivity index (χ0v) is 14.3. The number of carbonyl (C=O) groups is 3. The average Bonchev–Trinajstić information content (AvgIpc) is 3.00. The van der Waals surface area contributed by atoms with Crippen molar-refractivity contribution < 1.29 is 24.2 Å². The van der Waals surface area contributed by atoms with E-state index in [9.17, 15) is 14.4 Å². The Hall–Kier alpha value is -2.57. The molecule has 0 saturated heterocycles. The van der Waals surface area contributed by atoms with Gasteiger partial charge in [0.15, 0.2) is 0 Å². The number of hydrogen-bond donors (Lipinski definition) is 3. The number of carbonyl (C=O) groups excluding carboxylic acids is 2. The predicted molar refractivity (Wildman–Crippen MR) is 91.5 cm³/mol. The Labute approximate surface area is 146 Å². The van der Waals surface area contributed by atoms with Crippen molar-refractivity contribution in [3.8, 4) is 5.75 Å². The first-order chi connectivity index (χ1) is 11.9. The minimum absolute atomic E-state index is 0.0917. The van der Waals surface area contributed by atoms with Crippen LogP contribution in [0.25, 0.3) is 0 Å². The van der Waals surface area contributed by atoms with E-state index < -0.39 is 11.5 Å². The van der Waals surface area contributed by atoms with Crippen molar-refractivity contribution in [3.63, 3.8) is 0 Å². The third kappa shape index (κ3) is 5.48. The monoisotopic (exact) mass is 348 g/mol. The standard InChI is InChI=1S/C18H24N2O5/c1-2-25-14-7-5-13(6-8-14)17(24)19-12-15(21)20-18(11-16(22)23)9-3-4-10-18/h5-8H,2-4,9-12H2,1H3,(H,19,24)(H,20,21)(H,22,23). The van der Waals surface area contributed by atoms with E-state index in [0.29, 0.717) is 30.8 Å². The molecule has 0 atom stereocenters. The van der Waals surface area contributed by atoms with Crippen LogP contribution in [0.1, 0.15) is 49.4 Å². The third-order valence-corrected chi connectivity index (χ3v) is 4.29. The Balaban J connectivity index is 1.86. The third-order valence-electron chi connectivity index (χ3n) is 4.29. The molecular formula is C18H24N2O5. The van der Waals surface area contributed by atoms with Crippen molar-refractivity contribution in [2.45, 2.75) is 44.6 Å². The molecule has 1 aliphatic carbocycles. The van der Waals surface area contributed by atoms with Gasteiger partial charge in [-0.2, -0.15) is 0 Å². The van der Waals surface area contributed by atoms with Crippen molar-refractivity contribution in [1.82, 2.24) is 10.6 Å². The fraction of sp³-hybridized carbons (Fsp3) is 0.500. The molecule has 0 spiro atoms. The van der Waals surface area contributed by atoms with Gasteiger partial charge in [0.1, 0.15) is 5.75 Å². The van der Waals surface area contributed by atoms with E-state index in [4.69, 9.17) is 9.84 Å². The van der Waals surface area contributed by atoms with Crippen LogP contribution in [-0.4, -0.2) is 41.6 Å². The molecule has 0 unspecified atom stereocenters. The van der Waals surface area contributed by atoms with Gasteiger partial charge < -0.3 is 20.5 Å². The summed E-state index contributed by atoms with van der Waals surface area (Å²) in [5.74, 6) is -0.992. The topological polar surface area (TPSA) is 105 Å². The van der Waals surface area contributed by atoms with Crippen LogP contribution >= 0.6 is 0 Å². The van der Waals surface area contributed by atoms with Crippen LogP contribution in [0.2, 0.25) is 0 Å². The number of aliphatic carboxylic acids is 1. The van der Waals surface area contributed by atoms with E-state index in [2.05, 4.69) is 10.6 Å². The van der Waals surface area contributed by atoms with Crippen molar-refractivity contribution >= 4 is 17.8 Å². The minimum Gasteiger partial charge on any atom is -0.494 e. The molecule has 136 valence electrons. The van der Waals surface area contributed by atoms with Gasteiger partial charge in [0.25, 0.3) is 5.91 Å². The molecule has 7 nitrogen and oxygen atoms in total. The highest BCUT2D eigenvalue weighted by molar-refractivity contribution is 5.96. The molecule has 0 heterocycles. The predicted octanol–water partition coefficient (Wildman–Crippen LogP) is 1.72. The maximum absolute atomic E-state index is 12.1. The Kier molecular flexibility index (Phi) is 6.38. The molecule has 1 fully saturated rings. The van der Waals surface area contributed by atoms with Gasteiger partial charge in [-0.05, 0) is 44.0 Å². The van der Waals surface area contributed by atoms with Gasteiger partial charge in [-0.1, -0.05) is 12.8 Å². The molecule has 1 aromatic rings. The zero-order chi connectivity index (χ0) is 18.3. The van der Waals surface area contributed by atoms with Gasteiger partial charge >= 0.3 is 5.97 Å².